The van der Waals surface area contributed by atoms with Gasteiger partial charge < -0.3 is 5.11 Å². The number of amides is 2. The van der Waals surface area contributed by atoms with Gasteiger partial charge in [-0.15, -0.1) is 0 Å². The zero-order valence-corrected chi connectivity index (χ0v) is 16.0. The quantitative estimate of drug-likeness (QED) is 0.558. The summed E-state index contributed by atoms with van der Waals surface area (Å²) >= 11 is 0. The summed E-state index contributed by atoms with van der Waals surface area (Å²) in [6, 6.07) is 16.6. The molecule has 3 rings (SSSR count). The molecule has 28 heavy (non-hydrogen) atoms. The Balaban J connectivity index is 1.84. The SMILES string of the molecule is C[C@@H]1CN(Cc2ccc(C(=O)NO)cc2)C[C@](C)(c2ccccc2)N1C(=O)O. The molecule has 1 heterocycles. The van der Waals surface area contributed by atoms with Crippen molar-refractivity contribution >= 4 is 12.0 Å². The zero-order chi connectivity index (χ0) is 20.3. The topological polar surface area (TPSA) is 93.1 Å². The maximum absolute atomic E-state index is 12.0. The van der Waals surface area contributed by atoms with Gasteiger partial charge in [0.15, 0.2) is 0 Å². The van der Waals surface area contributed by atoms with E-state index in [1.165, 1.54) is 0 Å². The van der Waals surface area contributed by atoms with Gasteiger partial charge in [-0.25, -0.2) is 10.3 Å². The van der Waals surface area contributed by atoms with Crippen molar-refractivity contribution < 1.29 is 19.9 Å². The van der Waals surface area contributed by atoms with Crippen LogP contribution in [0.2, 0.25) is 0 Å². The first-order valence-electron chi connectivity index (χ1n) is 9.18. The van der Waals surface area contributed by atoms with E-state index in [1.54, 1.807) is 22.5 Å². The Hall–Kier alpha value is -2.90. The van der Waals surface area contributed by atoms with Crippen molar-refractivity contribution in [3.05, 3.63) is 71.3 Å². The highest BCUT2D eigenvalue weighted by atomic mass is 16.5. The molecule has 0 spiro atoms. The Morgan fingerprint density at radius 3 is 2.36 bits per heavy atom. The molecule has 2 amide bonds. The highest BCUT2D eigenvalue weighted by molar-refractivity contribution is 5.93. The molecule has 1 aliphatic heterocycles. The van der Waals surface area contributed by atoms with Crippen molar-refractivity contribution in [2.24, 2.45) is 0 Å². The second-order valence-corrected chi connectivity index (χ2v) is 7.45. The fraction of sp³-hybridized carbons (Fsp3) is 0.333. The Kier molecular flexibility index (Phi) is 5.67. The van der Waals surface area contributed by atoms with Crippen molar-refractivity contribution in [2.75, 3.05) is 13.1 Å². The number of carbonyl (C=O) groups excluding carboxylic acids is 1. The Labute approximate surface area is 164 Å². The van der Waals surface area contributed by atoms with E-state index in [9.17, 15) is 14.7 Å². The number of rotatable bonds is 4. The number of carbonyl (C=O) groups is 2. The lowest BCUT2D eigenvalue weighted by Crippen LogP contribution is -2.63. The normalized spacial score (nSPS) is 22.7. The standard InChI is InChI=1S/C21H25N3O4/c1-15-12-23(13-16-8-10-17(11-9-16)19(25)22-28)14-21(2,24(15)20(26)27)18-6-4-3-5-7-18/h3-11,15,28H,12-14H2,1-2H3,(H,22,25)(H,26,27)/t15-,21-/m1/s1. The molecule has 0 aromatic heterocycles. The van der Waals surface area contributed by atoms with Crippen molar-refractivity contribution in [1.29, 1.82) is 0 Å². The average Bonchev–Trinajstić information content (AvgIpc) is 2.68. The van der Waals surface area contributed by atoms with Crippen LogP contribution in [-0.2, 0) is 12.1 Å². The van der Waals surface area contributed by atoms with E-state index in [4.69, 9.17) is 5.21 Å². The summed E-state index contributed by atoms with van der Waals surface area (Å²) in [4.78, 5) is 27.2. The summed E-state index contributed by atoms with van der Waals surface area (Å²) in [5.41, 5.74) is 3.31. The molecule has 2 aromatic carbocycles. The van der Waals surface area contributed by atoms with E-state index in [0.717, 1.165) is 11.1 Å². The molecule has 7 nitrogen and oxygen atoms in total. The van der Waals surface area contributed by atoms with Gasteiger partial charge in [-0.1, -0.05) is 42.5 Å². The maximum Gasteiger partial charge on any atom is 0.408 e. The van der Waals surface area contributed by atoms with Crippen LogP contribution in [-0.4, -0.2) is 51.2 Å². The second-order valence-electron chi connectivity index (χ2n) is 7.45. The molecule has 2 atom stereocenters. The summed E-state index contributed by atoms with van der Waals surface area (Å²) in [6.07, 6.45) is -0.919. The second kappa shape index (κ2) is 8.00. The van der Waals surface area contributed by atoms with Gasteiger partial charge >= 0.3 is 6.09 Å². The third kappa shape index (κ3) is 3.85. The number of nitrogens with zero attached hydrogens (tertiary/aromatic N) is 2. The largest absolute Gasteiger partial charge is 0.465 e. The average molecular weight is 383 g/mol. The molecule has 148 valence electrons. The Bertz CT molecular complexity index is 840. The van der Waals surface area contributed by atoms with Gasteiger partial charge in [0.1, 0.15) is 0 Å². The van der Waals surface area contributed by atoms with Gasteiger partial charge in [0.2, 0.25) is 0 Å². The Morgan fingerprint density at radius 2 is 1.79 bits per heavy atom. The highest BCUT2D eigenvalue weighted by Gasteiger charge is 2.45. The zero-order valence-electron chi connectivity index (χ0n) is 16.0. The predicted octanol–water partition coefficient (Wildman–Crippen LogP) is 2.91. The first-order chi connectivity index (χ1) is 13.3. The minimum Gasteiger partial charge on any atom is -0.465 e. The number of benzene rings is 2. The molecular formula is C21H25N3O4. The molecule has 3 N–H and O–H groups in total. The molecule has 0 bridgehead atoms. The molecular weight excluding hydrogens is 358 g/mol. The van der Waals surface area contributed by atoms with Crippen LogP contribution in [0.4, 0.5) is 4.79 Å². The lowest BCUT2D eigenvalue weighted by molar-refractivity contribution is -0.0214. The van der Waals surface area contributed by atoms with E-state index in [1.807, 2.05) is 56.3 Å². The first-order valence-corrected chi connectivity index (χ1v) is 9.18. The van der Waals surface area contributed by atoms with Crippen molar-refractivity contribution in [3.8, 4) is 0 Å². The van der Waals surface area contributed by atoms with Crippen LogP contribution in [0.25, 0.3) is 0 Å². The highest BCUT2D eigenvalue weighted by Crippen LogP contribution is 2.35. The van der Waals surface area contributed by atoms with E-state index in [0.29, 0.717) is 25.2 Å². The van der Waals surface area contributed by atoms with E-state index in [-0.39, 0.29) is 6.04 Å². The fourth-order valence-corrected chi connectivity index (χ4v) is 4.15. The monoisotopic (exact) mass is 383 g/mol. The number of hydroxylamine groups is 1. The fourth-order valence-electron chi connectivity index (χ4n) is 4.15. The van der Waals surface area contributed by atoms with Crippen LogP contribution in [0.5, 0.6) is 0 Å². The van der Waals surface area contributed by atoms with Crippen LogP contribution >= 0.6 is 0 Å². The van der Waals surface area contributed by atoms with Gasteiger partial charge in [-0.05, 0) is 37.1 Å². The van der Waals surface area contributed by atoms with Gasteiger partial charge in [0.25, 0.3) is 5.91 Å². The van der Waals surface area contributed by atoms with E-state index < -0.39 is 17.5 Å². The molecule has 1 aliphatic rings. The maximum atomic E-state index is 12.0. The molecule has 1 saturated heterocycles. The summed E-state index contributed by atoms with van der Waals surface area (Å²) in [5.74, 6) is -0.549. The van der Waals surface area contributed by atoms with Crippen molar-refractivity contribution in [1.82, 2.24) is 15.3 Å². The Morgan fingerprint density at radius 1 is 1.14 bits per heavy atom. The van der Waals surface area contributed by atoms with E-state index >= 15 is 0 Å². The predicted molar refractivity (Wildman–Crippen MR) is 104 cm³/mol. The van der Waals surface area contributed by atoms with Gasteiger partial charge in [-0.2, -0.15) is 0 Å². The molecule has 2 aromatic rings. The van der Waals surface area contributed by atoms with Crippen LogP contribution in [0.15, 0.2) is 54.6 Å². The van der Waals surface area contributed by atoms with Crippen LogP contribution < -0.4 is 5.48 Å². The number of piperazine rings is 1. The molecule has 1 fully saturated rings. The van der Waals surface area contributed by atoms with Gasteiger partial charge in [-0.3, -0.25) is 19.8 Å². The minimum atomic E-state index is -0.919. The number of hydrogen-bond acceptors (Lipinski definition) is 4. The molecule has 0 saturated carbocycles. The molecule has 0 radical (unpaired) electrons. The lowest BCUT2D eigenvalue weighted by Gasteiger charge is -2.51. The summed E-state index contributed by atoms with van der Waals surface area (Å²) in [6.45, 7) is 5.71. The smallest absolute Gasteiger partial charge is 0.408 e. The number of hydrogen-bond donors (Lipinski definition) is 3. The van der Waals surface area contributed by atoms with Gasteiger partial charge in [0.05, 0.1) is 5.54 Å². The summed E-state index contributed by atoms with van der Waals surface area (Å²) in [7, 11) is 0. The summed E-state index contributed by atoms with van der Waals surface area (Å²) in [5, 5.41) is 18.6. The number of nitrogens with one attached hydrogen (secondary N) is 1. The third-order valence-electron chi connectivity index (χ3n) is 5.35. The van der Waals surface area contributed by atoms with Gasteiger partial charge in [0, 0.05) is 31.2 Å². The first kappa shape index (κ1) is 19.9. The van der Waals surface area contributed by atoms with Crippen molar-refractivity contribution in [3.63, 3.8) is 0 Å². The molecule has 0 unspecified atom stereocenters. The third-order valence-corrected chi connectivity index (χ3v) is 5.35. The van der Waals surface area contributed by atoms with Crippen LogP contribution in [0.1, 0.15) is 35.3 Å². The van der Waals surface area contributed by atoms with Crippen LogP contribution in [0.3, 0.4) is 0 Å². The van der Waals surface area contributed by atoms with Crippen LogP contribution in [0, 0.1) is 0 Å². The van der Waals surface area contributed by atoms with E-state index in [2.05, 4.69) is 4.90 Å². The molecule has 0 aliphatic carbocycles. The minimum absolute atomic E-state index is 0.170. The molecule has 7 heteroatoms. The summed E-state index contributed by atoms with van der Waals surface area (Å²) < 4.78 is 0. The van der Waals surface area contributed by atoms with Crippen molar-refractivity contribution in [2.45, 2.75) is 32.0 Å². The lowest BCUT2D eigenvalue weighted by atomic mass is 9.85. The number of carboxylic acid groups (broad SMARTS) is 1.